The molecule has 3 aromatic heterocycles. The van der Waals surface area contributed by atoms with E-state index in [0.717, 1.165) is 5.65 Å². The van der Waals surface area contributed by atoms with Crippen molar-refractivity contribution in [3.05, 3.63) is 36.5 Å². The Bertz CT molecular complexity index is 795. The van der Waals surface area contributed by atoms with Gasteiger partial charge in [0.2, 0.25) is 17.6 Å². The lowest BCUT2D eigenvalue weighted by atomic mass is 10.1. The van der Waals surface area contributed by atoms with E-state index in [9.17, 15) is 8.78 Å². The summed E-state index contributed by atoms with van der Waals surface area (Å²) in [6, 6.07) is 5.62. The molecule has 1 aliphatic rings. The number of rotatable bonds is 2. The smallest absolute Gasteiger partial charge is 0.248 e. The number of nitrogens with zero attached hydrogens (tertiary/aromatic N) is 4. The fourth-order valence-corrected chi connectivity index (χ4v) is 2.76. The van der Waals surface area contributed by atoms with E-state index < -0.39 is 5.92 Å². The summed E-state index contributed by atoms with van der Waals surface area (Å²) in [6.07, 6.45) is 3.53. The normalized spacial score (nSPS) is 21.1. The van der Waals surface area contributed by atoms with Gasteiger partial charge in [0.15, 0.2) is 0 Å². The average Bonchev–Trinajstić information content (AvgIpc) is 3.15. The van der Waals surface area contributed by atoms with Crippen molar-refractivity contribution >= 4 is 5.65 Å². The number of aromatic nitrogens is 4. The molecule has 3 aromatic rings. The van der Waals surface area contributed by atoms with Crippen LogP contribution in [0, 0.1) is 0 Å². The van der Waals surface area contributed by atoms with Gasteiger partial charge in [-0.05, 0) is 18.6 Å². The van der Waals surface area contributed by atoms with Crippen molar-refractivity contribution < 1.29 is 13.3 Å². The van der Waals surface area contributed by atoms with Crippen molar-refractivity contribution in [2.75, 3.05) is 0 Å². The number of halogens is 2. The van der Waals surface area contributed by atoms with E-state index in [4.69, 9.17) is 4.52 Å². The van der Waals surface area contributed by atoms with Crippen LogP contribution in [-0.2, 0) is 0 Å². The molecule has 7 heteroatoms. The predicted octanol–water partition coefficient (Wildman–Crippen LogP) is 3.29. The van der Waals surface area contributed by atoms with E-state index in [0.29, 0.717) is 17.9 Å². The van der Waals surface area contributed by atoms with Crippen LogP contribution in [0.3, 0.4) is 0 Å². The van der Waals surface area contributed by atoms with E-state index in [1.54, 1.807) is 6.20 Å². The Hall–Kier alpha value is -2.31. The van der Waals surface area contributed by atoms with Gasteiger partial charge in [0.1, 0.15) is 11.3 Å². The summed E-state index contributed by atoms with van der Waals surface area (Å²) >= 11 is 0. The highest BCUT2D eigenvalue weighted by atomic mass is 19.3. The summed E-state index contributed by atoms with van der Waals surface area (Å²) in [7, 11) is 0. The van der Waals surface area contributed by atoms with E-state index in [1.807, 2.05) is 28.8 Å². The SMILES string of the molecule is FC1(F)CC[C@H](c2nc(-c3cnc4ccccn34)no2)C1. The molecule has 1 aliphatic carbocycles. The quantitative estimate of drug-likeness (QED) is 0.726. The summed E-state index contributed by atoms with van der Waals surface area (Å²) in [6.45, 7) is 0. The fraction of sp³-hybridized carbons (Fsp3) is 0.357. The highest BCUT2D eigenvalue weighted by molar-refractivity contribution is 5.56. The Morgan fingerprint density at radius 2 is 2.24 bits per heavy atom. The maximum Gasteiger partial charge on any atom is 0.248 e. The van der Waals surface area contributed by atoms with E-state index >= 15 is 0 Å². The van der Waals surface area contributed by atoms with Crippen LogP contribution in [-0.4, -0.2) is 25.4 Å². The zero-order chi connectivity index (χ0) is 14.4. The van der Waals surface area contributed by atoms with E-state index in [1.165, 1.54) is 0 Å². The van der Waals surface area contributed by atoms with Crippen molar-refractivity contribution in [2.24, 2.45) is 0 Å². The molecule has 0 bridgehead atoms. The minimum absolute atomic E-state index is 0.120. The third-order valence-corrected chi connectivity index (χ3v) is 3.84. The van der Waals surface area contributed by atoms with Crippen LogP contribution >= 0.6 is 0 Å². The number of imidazole rings is 1. The Morgan fingerprint density at radius 1 is 1.33 bits per heavy atom. The number of pyridine rings is 1. The Morgan fingerprint density at radius 3 is 3.05 bits per heavy atom. The van der Waals surface area contributed by atoms with Crippen LogP contribution in [0.5, 0.6) is 0 Å². The van der Waals surface area contributed by atoms with Gasteiger partial charge in [0.25, 0.3) is 0 Å². The van der Waals surface area contributed by atoms with Gasteiger partial charge in [-0.2, -0.15) is 4.98 Å². The third kappa shape index (κ3) is 2.09. The molecular weight excluding hydrogens is 278 g/mol. The molecule has 1 atom stereocenters. The number of hydrogen-bond acceptors (Lipinski definition) is 4. The largest absolute Gasteiger partial charge is 0.339 e. The topological polar surface area (TPSA) is 56.2 Å². The maximum absolute atomic E-state index is 13.3. The minimum atomic E-state index is -2.62. The third-order valence-electron chi connectivity index (χ3n) is 3.84. The van der Waals surface area contributed by atoms with Crippen molar-refractivity contribution in [1.82, 2.24) is 19.5 Å². The molecule has 4 rings (SSSR count). The summed E-state index contributed by atoms with van der Waals surface area (Å²) in [5, 5.41) is 3.91. The zero-order valence-electron chi connectivity index (χ0n) is 11.0. The predicted molar refractivity (Wildman–Crippen MR) is 70.0 cm³/mol. The Kier molecular flexibility index (Phi) is 2.57. The summed E-state index contributed by atoms with van der Waals surface area (Å²) in [4.78, 5) is 8.52. The molecule has 5 nitrogen and oxygen atoms in total. The average molecular weight is 290 g/mol. The molecule has 0 amide bonds. The van der Waals surface area contributed by atoms with E-state index in [-0.39, 0.29) is 24.7 Å². The second kappa shape index (κ2) is 4.34. The molecule has 0 saturated heterocycles. The first-order chi connectivity index (χ1) is 10.1. The first kappa shape index (κ1) is 12.4. The first-order valence-electron chi connectivity index (χ1n) is 6.76. The molecule has 1 saturated carbocycles. The molecule has 0 spiro atoms. The number of hydrogen-bond donors (Lipinski definition) is 0. The van der Waals surface area contributed by atoms with Crippen LogP contribution in [0.2, 0.25) is 0 Å². The van der Waals surface area contributed by atoms with Crippen molar-refractivity contribution in [3.8, 4) is 11.5 Å². The second-order valence-electron chi connectivity index (χ2n) is 5.32. The lowest BCUT2D eigenvalue weighted by Crippen LogP contribution is -2.09. The molecule has 0 aliphatic heterocycles. The molecule has 0 unspecified atom stereocenters. The van der Waals surface area contributed by atoms with Crippen molar-refractivity contribution in [3.63, 3.8) is 0 Å². The molecule has 0 N–H and O–H groups in total. The second-order valence-corrected chi connectivity index (χ2v) is 5.32. The van der Waals surface area contributed by atoms with Crippen molar-refractivity contribution in [2.45, 2.75) is 31.1 Å². The zero-order valence-corrected chi connectivity index (χ0v) is 11.0. The van der Waals surface area contributed by atoms with Gasteiger partial charge in [-0.25, -0.2) is 13.8 Å². The summed E-state index contributed by atoms with van der Waals surface area (Å²) in [5.41, 5.74) is 1.46. The Balaban J connectivity index is 1.69. The monoisotopic (exact) mass is 290 g/mol. The number of alkyl halides is 2. The highest BCUT2D eigenvalue weighted by Crippen LogP contribution is 2.43. The van der Waals surface area contributed by atoms with Crippen LogP contribution in [0.25, 0.3) is 17.2 Å². The van der Waals surface area contributed by atoms with Crippen LogP contribution < -0.4 is 0 Å². The molecule has 1 fully saturated rings. The standard InChI is InChI=1S/C14H12F2N4O/c15-14(16)5-4-9(7-14)13-18-12(19-21-13)10-8-17-11-3-1-2-6-20(10)11/h1-3,6,8-9H,4-5,7H2/t9-/m0/s1. The van der Waals surface area contributed by atoms with Gasteiger partial charge >= 0.3 is 0 Å². The van der Waals surface area contributed by atoms with E-state index in [2.05, 4.69) is 15.1 Å². The Labute approximate surface area is 118 Å². The van der Waals surface area contributed by atoms with Gasteiger partial charge in [0, 0.05) is 25.0 Å². The summed E-state index contributed by atoms with van der Waals surface area (Å²) < 4.78 is 33.5. The van der Waals surface area contributed by atoms with Gasteiger partial charge in [-0.15, -0.1) is 0 Å². The van der Waals surface area contributed by atoms with Crippen LogP contribution in [0.4, 0.5) is 8.78 Å². The van der Waals surface area contributed by atoms with Gasteiger partial charge < -0.3 is 4.52 Å². The molecular formula is C14H12F2N4O. The molecule has 0 aromatic carbocycles. The van der Waals surface area contributed by atoms with Crippen molar-refractivity contribution in [1.29, 1.82) is 0 Å². The highest BCUT2D eigenvalue weighted by Gasteiger charge is 2.42. The minimum Gasteiger partial charge on any atom is -0.339 e. The van der Waals surface area contributed by atoms with Crippen LogP contribution in [0.15, 0.2) is 35.1 Å². The number of fused-ring (bicyclic) bond motifs is 1. The van der Waals surface area contributed by atoms with Gasteiger partial charge in [-0.1, -0.05) is 11.2 Å². The molecule has 21 heavy (non-hydrogen) atoms. The molecule has 108 valence electrons. The van der Waals surface area contributed by atoms with Gasteiger partial charge in [-0.3, -0.25) is 4.40 Å². The lowest BCUT2D eigenvalue weighted by Gasteiger charge is -2.06. The van der Waals surface area contributed by atoms with Gasteiger partial charge in [0.05, 0.1) is 6.20 Å². The van der Waals surface area contributed by atoms with Crippen LogP contribution in [0.1, 0.15) is 31.1 Å². The molecule has 3 heterocycles. The molecule has 0 radical (unpaired) electrons. The summed E-state index contributed by atoms with van der Waals surface area (Å²) in [5.74, 6) is -2.32. The fourth-order valence-electron chi connectivity index (χ4n) is 2.76. The first-order valence-corrected chi connectivity index (χ1v) is 6.76. The maximum atomic E-state index is 13.3. The lowest BCUT2D eigenvalue weighted by molar-refractivity contribution is 0.00690.